The molecule has 0 aromatic heterocycles. The standard InChI is InChI=1S/C22H24F2N2O5S2/c23-22(24)31-20-8-6-19-15-21(9-7-18(19)14-20)33(29,30)26-12-10-25(11-13-26)32(27,28)16-17-4-2-1-3-5-17/h1-6,8,14-15,22H,7,9-13,16H2. The zero-order valence-electron chi connectivity index (χ0n) is 17.7. The Morgan fingerprint density at radius 1 is 0.879 bits per heavy atom. The SMILES string of the molecule is O=S(=O)(Cc1ccccc1)N1CCN(S(=O)(=O)C2=Cc3ccc(OC(F)F)cc3CC2)CC1. The van der Waals surface area contributed by atoms with Gasteiger partial charge in [-0.15, -0.1) is 0 Å². The molecule has 11 heteroatoms. The van der Waals surface area contributed by atoms with Crippen LogP contribution in [0.4, 0.5) is 8.78 Å². The lowest BCUT2D eigenvalue weighted by Crippen LogP contribution is -2.50. The Labute approximate surface area is 192 Å². The van der Waals surface area contributed by atoms with Crippen molar-refractivity contribution in [3.63, 3.8) is 0 Å². The molecule has 1 aliphatic carbocycles. The van der Waals surface area contributed by atoms with Crippen molar-refractivity contribution >= 4 is 26.1 Å². The first-order valence-corrected chi connectivity index (χ1v) is 13.5. The smallest absolute Gasteiger partial charge is 0.387 e. The van der Waals surface area contributed by atoms with Crippen LogP contribution in [0.25, 0.3) is 6.08 Å². The third-order valence-corrected chi connectivity index (χ3v) is 9.63. The maximum Gasteiger partial charge on any atom is 0.387 e. The molecule has 2 aromatic rings. The number of benzene rings is 2. The number of nitrogens with zero attached hydrogens (tertiary/aromatic N) is 2. The highest BCUT2D eigenvalue weighted by Gasteiger charge is 2.34. The summed E-state index contributed by atoms with van der Waals surface area (Å²) in [7, 11) is -7.31. The lowest BCUT2D eigenvalue weighted by molar-refractivity contribution is -0.0498. The van der Waals surface area contributed by atoms with Gasteiger partial charge in [0.25, 0.3) is 0 Å². The molecule has 1 fully saturated rings. The first kappa shape index (κ1) is 23.8. The van der Waals surface area contributed by atoms with E-state index in [4.69, 9.17) is 0 Å². The summed E-state index contributed by atoms with van der Waals surface area (Å²) in [6, 6.07) is 13.3. The van der Waals surface area contributed by atoms with Gasteiger partial charge in [-0.2, -0.15) is 17.4 Å². The highest BCUT2D eigenvalue weighted by atomic mass is 32.2. The van der Waals surface area contributed by atoms with Crippen molar-refractivity contribution < 1.29 is 30.4 Å². The third kappa shape index (κ3) is 5.43. The van der Waals surface area contributed by atoms with E-state index in [2.05, 4.69) is 4.74 Å². The summed E-state index contributed by atoms with van der Waals surface area (Å²) in [5.41, 5.74) is 2.06. The van der Waals surface area contributed by atoms with Crippen LogP contribution in [0.15, 0.2) is 53.4 Å². The van der Waals surface area contributed by atoms with Crippen LogP contribution in [0.5, 0.6) is 5.75 Å². The van der Waals surface area contributed by atoms with E-state index in [1.165, 1.54) is 20.7 Å². The zero-order valence-corrected chi connectivity index (χ0v) is 19.4. The quantitative estimate of drug-likeness (QED) is 0.586. The summed E-state index contributed by atoms with van der Waals surface area (Å²) in [6.07, 6.45) is 2.17. The third-order valence-electron chi connectivity index (χ3n) is 5.75. The molecule has 1 heterocycles. The van der Waals surface area contributed by atoms with Gasteiger partial charge in [-0.05, 0) is 47.7 Å². The second kappa shape index (κ2) is 9.49. The Balaban J connectivity index is 1.43. The van der Waals surface area contributed by atoms with Gasteiger partial charge in [0, 0.05) is 26.2 Å². The van der Waals surface area contributed by atoms with Crippen molar-refractivity contribution in [2.75, 3.05) is 26.2 Å². The molecule has 7 nitrogen and oxygen atoms in total. The van der Waals surface area contributed by atoms with Gasteiger partial charge in [0.1, 0.15) is 5.75 Å². The summed E-state index contributed by atoms with van der Waals surface area (Å²) >= 11 is 0. The fraction of sp³-hybridized carbons (Fsp3) is 0.364. The van der Waals surface area contributed by atoms with Gasteiger partial charge in [0.05, 0.1) is 10.7 Å². The molecule has 2 aliphatic rings. The molecule has 0 radical (unpaired) electrons. The van der Waals surface area contributed by atoms with Gasteiger partial charge < -0.3 is 4.74 Å². The molecule has 0 bridgehead atoms. The second-order valence-corrected chi connectivity index (χ2v) is 11.9. The van der Waals surface area contributed by atoms with Crippen molar-refractivity contribution in [2.24, 2.45) is 0 Å². The van der Waals surface area contributed by atoms with Crippen molar-refractivity contribution in [1.29, 1.82) is 0 Å². The monoisotopic (exact) mass is 498 g/mol. The summed E-state index contributed by atoms with van der Waals surface area (Å²) < 4.78 is 83.7. The molecule has 0 atom stereocenters. The molecule has 0 N–H and O–H groups in total. The number of alkyl halides is 2. The zero-order chi connectivity index (χ0) is 23.6. The minimum absolute atomic E-state index is 0.0382. The maximum atomic E-state index is 13.2. The molecule has 1 saturated heterocycles. The Morgan fingerprint density at radius 2 is 1.55 bits per heavy atom. The number of aryl methyl sites for hydroxylation is 1. The lowest BCUT2D eigenvalue weighted by atomic mass is 9.97. The summed E-state index contributed by atoms with van der Waals surface area (Å²) in [5.74, 6) is -0.0870. The van der Waals surface area contributed by atoms with Gasteiger partial charge in [-0.1, -0.05) is 36.4 Å². The number of fused-ring (bicyclic) bond motifs is 1. The van der Waals surface area contributed by atoms with Crippen LogP contribution in [0.2, 0.25) is 0 Å². The summed E-state index contributed by atoms with van der Waals surface area (Å²) in [5, 5.41) is 0. The number of sulfonamides is 2. The average molecular weight is 499 g/mol. The molecule has 178 valence electrons. The summed E-state index contributed by atoms with van der Waals surface area (Å²) in [4.78, 5) is 0.234. The second-order valence-electron chi connectivity index (χ2n) is 7.89. The van der Waals surface area contributed by atoms with Crippen molar-refractivity contribution in [3.05, 3.63) is 70.1 Å². The van der Waals surface area contributed by atoms with E-state index in [0.29, 0.717) is 17.5 Å². The fourth-order valence-corrected chi connectivity index (χ4v) is 7.18. The molecule has 0 amide bonds. The summed E-state index contributed by atoms with van der Waals surface area (Å²) in [6.45, 7) is -2.60. The number of ether oxygens (including phenoxy) is 1. The van der Waals surface area contributed by atoms with Crippen LogP contribution in [0.1, 0.15) is 23.1 Å². The first-order chi connectivity index (χ1) is 15.6. The van der Waals surface area contributed by atoms with Gasteiger partial charge in [0.15, 0.2) is 0 Å². The Morgan fingerprint density at radius 3 is 2.21 bits per heavy atom. The molecule has 33 heavy (non-hydrogen) atoms. The van der Waals surface area contributed by atoms with Crippen molar-refractivity contribution in [3.8, 4) is 5.75 Å². The minimum Gasteiger partial charge on any atom is -0.435 e. The predicted octanol–water partition coefficient (Wildman–Crippen LogP) is 3.05. The van der Waals surface area contributed by atoms with Crippen LogP contribution in [-0.2, 0) is 32.2 Å². The lowest BCUT2D eigenvalue weighted by Gasteiger charge is -2.34. The van der Waals surface area contributed by atoms with Crippen LogP contribution in [0.3, 0.4) is 0 Å². The highest BCUT2D eigenvalue weighted by molar-refractivity contribution is 7.93. The van der Waals surface area contributed by atoms with E-state index in [1.807, 2.05) is 6.07 Å². The molecular formula is C22H24F2N2O5S2. The molecule has 4 rings (SSSR count). The van der Waals surface area contributed by atoms with Gasteiger partial charge in [-0.3, -0.25) is 0 Å². The Kier molecular flexibility index (Phi) is 6.85. The largest absolute Gasteiger partial charge is 0.435 e. The normalized spacial score (nSPS) is 18.1. The van der Waals surface area contributed by atoms with Crippen LogP contribution >= 0.6 is 0 Å². The molecular weight excluding hydrogens is 474 g/mol. The maximum absolute atomic E-state index is 13.2. The number of halogens is 2. The van der Waals surface area contributed by atoms with E-state index in [9.17, 15) is 25.6 Å². The van der Waals surface area contributed by atoms with Gasteiger partial charge >= 0.3 is 6.61 Å². The number of rotatable bonds is 7. The Hall–Kier alpha value is -2.34. The van der Waals surface area contributed by atoms with Crippen LogP contribution in [0, 0.1) is 0 Å². The van der Waals surface area contributed by atoms with Gasteiger partial charge in [-0.25, -0.2) is 16.8 Å². The molecule has 0 spiro atoms. The molecule has 2 aromatic carbocycles. The average Bonchev–Trinajstić information content (AvgIpc) is 2.79. The van der Waals surface area contributed by atoms with E-state index in [1.54, 1.807) is 36.4 Å². The van der Waals surface area contributed by atoms with E-state index in [-0.39, 0.29) is 49.0 Å². The van der Waals surface area contributed by atoms with Gasteiger partial charge in [0.2, 0.25) is 20.0 Å². The molecule has 1 aliphatic heterocycles. The number of hydrogen-bond acceptors (Lipinski definition) is 5. The fourth-order valence-electron chi connectivity index (χ4n) is 4.05. The van der Waals surface area contributed by atoms with Crippen LogP contribution in [-0.4, -0.2) is 58.2 Å². The molecule has 0 unspecified atom stereocenters. The first-order valence-electron chi connectivity index (χ1n) is 10.5. The Bertz CT molecular complexity index is 1240. The minimum atomic E-state index is -3.76. The van der Waals surface area contributed by atoms with E-state index >= 15 is 0 Å². The van der Waals surface area contributed by atoms with Crippen molar-refractivity contribution in [2.45, 2.75) is 25.2 Å². The van der Waals surface area contributed by atoms with Crippen LogP contribution < -0.4 is 4.74 Å². The van der Waals surface area contributed by atoms with Crippen molar-refractivity contribution in [1.82, 2.24) is 8.61 Å². The predicted molar refractivity (Wildman–Crippen MR) is 121 cm³/mol. The van der Waals surface area contributed by atoms with E-state index in [0.717, 1.165) is 5.56 Å². The number of hydrogen-bond donors (Lipinski definition) is 0. The van der Waals surface area contributed by atoms with E-state index < -0.39 is 26.7 Å². The highest BCUT2D eigenvalue weighted by Crippen LogP contribution is 2.32. The number of piperazine rings is 1. The topological polar surface area (TPSA) is 84.0 Å². The molecule has 0 saturated carbocycles. The number of allylic oxidation sites excluding steroid dienone is 1.